The summed E-state index contributed by atoms with van der Waals surface area (Å²) in [4.78, 5) is 6.85. The highest BCUT2D eigenvalue weighted by Gasteiger charge is 2.37. The molecule has 2 atom stereocenters. The molecule has 0 aromatic heterocycles. The molecule has 0 spiro atoms. The van der Waals surface area contributed by atoms with Crippen molar-refractivity contribution < 1.29 is 0 Å². The van der Waals surface area contributed by atoms with E-state index in [9.17, 15) is 0 Å². The Labute approximate surface area is 130 Å². The Balaban J connectivity index is 1.90. The molecule has 4 nitrogen and oxygen atoms in total. The second-order valence-corrected chi connectivity index (χ2v) is 7.37. The van der Waals surface area contributed by atoms with Crippen molar-refractivity contribution >= 4 is 5.96 Å². The van der Waals surface area contributed by atoms with Crippen molar-refractivity contribution in [2.24, 2.45) is 10.9 Å². The molecule has 0 aliphatic heterocycles. The van der Waals surface area contributed by atoms with Gasteiger partial charge in [-0.05, 0) is 45.7 Å². The average Bonchev–Trinajstić information content (AvgIpc) is 2.96. The number of hydrogen-bond acceptors (Lipinski definition) is 2. The lowest BCUT2D eigenvalue weighted by Gasteiger charge is -2.45. The lowest BCUT2D eigenvalue weighted by atomic mass is 9.75. The van der Waals surface area contributed by atoms with Gasteiger partial charge in [-0.1, -0.05) is 32.6 Å². The summed E-state index contributed by atoms with van der Waals surface area (Å²) < 4.78 is 0. The first-order valence-electron chi connectivity index (χ1n) is 8.70. The Bertz CT molecular complexity index is 347. The number of nitrogens with zero attached hydrogens (tertiary/aromatic N) is 2. The van der Waals surface area contributed by atoms with Crippen molar-refractivity contribution in [3.8, 4) is 0 Å². The molecule has 0 aromatic rings. The van der Waals surface area contributed by atoms with E-state index in [2.05, 4.69) is 41.5 Å². The molecule has 2 fully saturated rings. The third-order valence-electron chi connectivity index (χ3n) is 5.52. The van der Waals surface area contributed by atoms with Crippen LogP contribution in [0.4, 0.5) is 0 Å². The predicted octanol–water partition coefficient (Wildman–Crippen LogP) is 2.60. The molecule has 2 aliphatic rings. The normalized spacial score (nSPS) is 31.7. The molecule has 4 heteroatoms. The monoisotopic (exact) mass is 294 g/mol. The Kier molecular flexibility index (Phi) is 5.91. The summed E-state index contributed by atoms with van der Waals surface area (Å²) in [6, 6.07) is 0.622. The molecule has 0 amide bonds. The van der Waals surface area contributed by atoms with Crippen LogP contribution in [0.2, 0.25) is 0 Å². The molecule has 0 radical (unpaired) electrons. The van der Waals surface area contributed by atoms with Crippen LogP contribution in [-0.2, 0) is 0 Å². The zero-order chi connectivity index (χ0) is 15.3. The fourth-order valence-corrected chi connectivity index (χ4v) is 4.06. The Morgan fingerprint density at radius 2 is 1.90 bits per heavy atom. The maximum absolute atomic E-state index is 4.42. The molecule has 0 heterocycles. The van der Waals surface area contributed by atoms with Crippen LogP contribution < -0.4 is 10.6 Å². The van der Waals surface area contributed by atoms with Crippen LogP contribution >= 0.6 is 0 Å². The third kappa shape index (κ3) is 4.35. The van der Waals surface area contributed by atoms with E-state index in [1.165, 1.54) is 51.4 Å². The summed E-state index contributed by atoms with van der Waals surface area (Å²) in [6.07, 6.45) is 10.6. The number of nitrogens with one attached hydrogen (secondary N) is 2. The van der Waals surface area contributed by atoms with Crippen molar-refractivity contribution in [2.75, 3.05) is 27.7 Å². The highest BCUT2D eigenvalue weighted by Crippen LogP contribution is 2.35. The lowest BCUT2D eigenvalue weighted by Crippen LogP contribution is -2.57. The molecule has 2 N–H and O–H groups in total. The Morgan fingerprint density at radius 1 is 1.19 bits per heavy atom. The van der Waals surface area contributed by atoms with E-state index in [0.717, 1.165) is 18.4 Å². The van der Waals surface area contributed by atoms with Crippen molar-refractivity contribution in [3.05, 3.63) is 0 Å². The van der Waals surface area contributed by atoms with Crippen molar-refractivity contribution in [3.63, 3.8) is 0 Å². The lowest BCUT2D eigenvalue weighted by molar-refractivity contribution is 0.0795. The van der Waals surface area contributed by atoms with Crippen molar-refractivity contribution in [2.45, 2.75) is 69.9 Å². The second kappa shape index (κ2) is 7.48. The van der Waals surface area contributed by atoms with Crippen LogP contribution in [0.1, 0.15) is 58.3 Å². The second-order valence-electron chi connectivity index (χ2n) is 7.37. The van der Waals surface area contributed by atoms with Crippen LogP contribution in [0.3, 0.4) is 0 Å². The summed E-state index contributed by atoms with van der Waals surface area (Å²) in [7, 11) is 6.34. The summed E-state index contributed by atoms with van der Waals surface area (Å²) in [5, 5.41) is 7.20. The van der Waals surface area contributed by atoms with Gasteiger partial charge in [-0.15, -0.1) is 0 Å². The minimum absolute atomic E-state index is 0.283. The third-order valence-corrected chi connectivity index (χ3v) is 5.52. The molecular weight excluding hydrogens is 260 g/mol. The van der Waals surface area contributed by atoms with Gasteiger partial charge in [0.15, 0.2) is 5.96 Å². The van der Waals surface area contributed by atoms with Crippen molar-refractivity contribution in [1.82, 2.24) is 15.5 Å². The molecule has 2 aliphatic carbocycles. The average molecular weight is 294 g/mol. The highest BCUT2D eigenvalue weighted by molar-refractivity contribution is 5.80. The highest BCUT2D eigenvalue weighted by atomic mass is 15.2. The van der Waals surface area contributed by atoms with E-state index in [1.54, 1.807) is 0 Å². The SMILES string of the molecule is CN=C(NCC1(N(C)C)CCCC(C)C1)NC1CCCC1. The summed E-state index contributed by atoms with van der Waals surface area (Å²) in [6.45, 7) is 3.39. The fourth-order valence-electron chi connectivity index (χ4n) is 4.06. The van der Waals surface area contributed by atoms with Gasteiger partial charge < -0.3 is 15.5 Å². The fraction of sp³-hybridized carbons (Fsp3) is 0.941. The maximum atomic E-state index is 4.42. The molecule has 122 valence electrons. The van der Waals surface area contributed by atoms with E-state index in [-0.39, 0.29) is 5.54 Å². The number of guanidine groups is 1. The van der Waals surface area contributed by atoms with Gasteiger partial charge in [-0.25, -0.2) is 0 Å². The molecule has 0 aromatic carbocycles. The van der Waals surface area contributed by atoms with Gasteiger partial charge >= 0.3 is 0 Å². The summed E-state index contributed by atoms with van der Waals surface area (Å²) in [5.74, 6) is 1.81. The first-order chi connectivity index (χ1) is 10.1. The van der Waals surface area contributed by atoms with Gasteiger partial charge in [-0.2, -0.15) is 0 Å². The van der Waals surface area contributed by atoms with E-state index in [4.69, 9.17) is 0 Å². The molecule has 0 saturated heterocycles. The number of aliphatic imine (C=N–C) groups is 1. The number of hydrogen-bond donors (Lipinski definition) is 2. The quantitative estimate of drug-likeness (QED) is 0.618. The topological polar surface area (TPSA) is 39.7 Å². The van der Waals surface area contributed by atoms with Crippen LogP contribution in [0, 0.1) is 5.92 Å². The van der Waals surface area contributed by atoms with Crippen LogP contribution in [-0.4, -0.2) is 50.1 Å². The minimum atomic E-state index is 0.283. The van der Waals surface area contributed by atoms with Gasteiger partial charge in [0.05, 0.1) is 0 Å². The minimum Gasteiger partial charge on any atom is -0.355 e. The molecule has 0 bridgehead atoms. The molecule has 2 unspecified atom stereocenters. The Morgan fingerprint density at radius 3 is 2.48 bits per heavy atom. The zero-order valence-corrected chi connectivity index (χ0v) is 14.4. The van der Waals surface area contributed by atoms with E-state index >= 15 is 0 Å². The van der Waals surface area contributed by atoms with Gasteiger partial charge in [0.25, 0.3) is 0 Å². The van der Waals surface area contributed by atoms with E-state index in [0.29, 0.717) is 6.04 Å². The van der Waals surface area contributed by atoms with E-state index < -0.39 is 0 Å². The van der Waals surface area contributed by atoms with Gasteiger partial charge in [-0.3, -0.25) is 4.99 Å². The molecule has 21 heavy (non-hydrogen) atoms. The standard InChI is InChI=1S/C17H34N4/c1-14-8-7-11-17(12-14,21(3)4)13-19-16(18-2)20-15-9-5-6-10-15/h14-15H,5-13H2,1-4H3,(H2,18,19,20). The molecule has 2 saturated carbocycles. The first-order valence-corrected chi connectivity index (χ1v) is 8.70. The van der Waals surface area contributed by atoms with Gasteiger partial charge in [0, 0.05) is 25.2 Å². The first kappa shape index (κ1) is 16.6. The van der Waals surface area contributed by atoms with E-state index in [1.807, 2.05) is 7.05 Å². The smallest absolute Gasteiger partial charge is 0.191 e. The summed E-state index contributed by atoms with van der Waals surface area (Å²) >= 11 is 0. The predicted molar refractivity (Wildman–Crippen MR) is 90.8 cm³/mol. The van der Waals surface area contributed by atoms with Gasteiger partial charge in [0.1, 0.15) is 0 Å². The van der Waals surface area contributed by atoms with Gasteiger partial charge in [0.2, 0.25) is 0 Å². The zero-order valence-electron chi connectivity index (χ0n) is 14.4. The molecular formula is C17H34N4. The molecule has 2 rings (SSSR count). The number of likely N-dealkylation sites (N-methyl/N-ethyl adjacent to an activating group) is 1. The summed E-state index contributed by atoms with van der Waals surface area (Å²) in [5.41, 5.74) is 0.283. The Hall–Kier alpha value is -0.770. The van der Waals surface area contributed by atoms with Crippen LogP contribution in [0.25, 0.3) is 0 Å². The maximum Gasteiger partial charge on any atom is 0.191 e. The largest absolute Gasteiger partial charge is 0.355 e. The number of rotatable bonds is 4. The van der Waals surface area contributed by atoms with Crippen LogP contribution in [0.15, 0.2) is 4.99 Å². The van der Waals surface area contributed by atoms with Crippen LogP contribution in [0.5, 0.6) is 0 Å². The van der Waals surface area contributed by atoms with Crippen molar-refractivity contribution in [1.29, 1.82) is 0 Å².